The van der Waals surface area contributed by atoms with Crippen molar-refractivity contribution < 1.29 is 14.3 Å². The minimum absolute atomic E-state index is 0.222. The molecule has 8 heteroatoms. The quantitative estimate of drug-likeness (QED) is 0.543. The van der Waals surface area contributed by atoms with Gasteiger partial charge in [-0.3, -0.25) is 4.79 Å². The van der Waals surface area contributed by atoms with Gasteiger partial charge in [-0.1, -0.05) is 48.2 Å². The van der Waals surface area contributed by atoms with Crippen LogP contribution in [0.2, 0.25) is 0 Å². The lowest BCUT2D eigenvalue weighted by molar-refractivity contribution is -0.137. The van der Waals surface area contributed by atoms with E-state index in [9.17, 15) is 14.3 Å². The molecular formula is C18H13FN4O2S. The van der Waals surface area contributed by atoms with E-state index < -0.39 is 5.97 Å². The summed E-state index contributed by atoms with van der Waals surface area (Å²) in [7, 11) is 0. The first kappa shape index (κ1) is 16.5. The number of benzene rings is 2. The van der Waals surface area contributed by atoms with Gasteiger partial charge in [-0.2, -0.15) is 0 Å². The average Bonchev–Trinajstić information content (AvgIpc) is 2.94. The van der Waals surface area contributed by atoms with Gasteiger partial charge in [-0.05, 0) is 17.7 Å². The topological polar surface area (TPSA) is 80.9 Å². The summed E-state index contributed by atoms with van der Waals surface area (Å²) in [6, 6.07) is 13.9. The number of hydrogen-bond donors (Lipinski definition) is 1. The van der Waals surface area contributed by atoms with E-state index in [1.54, 1.807) is 22.8 Å². The van der Waals surface area contributed by atoms with Crippen LogP contribution in [0.5, 0.6) is 0 Å². The Bertz CT molecular complexity index is 1130. The van der Waals surface area contributed by atoms with Gasteiger partial charge in [-0.15, -0.1) is 10.2 Å². The van der Waals surface area contributed by atoms with Crippen LogP contribution >= 0.6 is 11.8 Å². The highest BCUT2D eigenvalue weighted by molar-refractivity contribution is 7.98. The van der Waals surface area contributed by atoms with Gasteiger partial charge >= 0.3 is 5.97 Å². The fraction of sp³-hybridized carbons (Fsp3) is 0.111. The minimum atomic E-state index is -0.966. The Hall–Kier alpha value is -3.00. The molecule has 0 spiro atoms. The molecule has 4 aromatic rings. The Labute approximate surface area is 151 Å². The number of carboxylic acid groups (broad SMARTS) is 1. The van der Waals surface area contributed by atoms with Crippen LogP contribution in [0.15, 0.2) is 53.7 Å². The summed E-state index contributed by atoms with van der Waals surface area (Å²) >= 11 is 1.25. The second kappa shape index (κ2) is 6.72. The third-order valence-corrected chi connectivity index (χ3v) is 4.85. The Morgan fingerprint density at radius 2 is 1.88 bits per heavy atom. The highest BCUT2D eigenvalue weighted by Crippen LogP contribution is 2.28. The van der Waals surface area contributed by atoms with E-state index in [0.29, 0.717) is 27.6 Å². The zero-order chi connectivity index (χ0) is 18.1. The van der Waals surface area contributed by atoms with Crippen molar-refractivity contribution in [3.05, 3.63) is 59.9 Å². The van der Waals surface area contributed by atoms with Crippen molar-refractivity contribution in [2.45, 2.75) is 17.5 Å². The van der Waals surface area contributed by atoms with Crippen LogP contribution in [-0.2, 0) is 17.1 Å². The van der Waals surface area contributed by atoms with Crippen LogP contribution in [0.3, 0.4) is 0 Å². The van der Waals surface area contributed by atoms with Gasteiger partial charge in [0.25, 0.3) is 0 Å². The van der Waals surface area contributed by atoms with Gasteiger partial charge in [0.15, 0.2) is 5.65 Å². The van der Waals surface area contributed by atoms with Gasteiger partial charge in [-0.25, -0.2) is 9.37 Å². The first-order chi connectivity index (χ1) is 12.6. The fourth-order valence-electron chi connectivity index (χ4n) is 2.80. The second-order valence-electron chi connectivity index (χ2n) is 5.64. The van der Waals surface area contributed by atoms with E-state index in [0.717, 1.165) is 10.9 Å². The number of hydrogen-bond acceptors (Lipinski definition) is 5. The maximum absolute atomic E-state index is 13.8. The average molecular weight is 368 g/mol. The van der Waals surface area contributed by atoms with Crippen LogP contribution < -0.4 is 0 Å². The van der Waals surface area contributed by atoms with Crippen LogP contribution in [0.25, 0.3) is 22.1 Å². The van der Waals surface area contributed by atoms with E-state index in [1.165, 1.54) is 17.8 Å². The molecule has 0 atom stereocenters. The summed E-state index contributed by atoms with van der Waals surface area (Å²) in [6.07, 6.45) is 0. The van der Waals surface area contributed by atoms with Crippen molar-refractivity contribution in [1.82, 2.24) is 19.7 Å². The van der Waals surface area contributed by atoms with Crippen molar-refractivity contribution in [1.29, 1.82) is 0 Å². The molecule has 0 aliphatic carbocycles. The lowest BCUT2D eigenvalue weighted by atomic mass is 10.2. The summed E-state index contributed by atoms with van der Waals surface area (Å²) in [4.78, 5) is 15.7. The van der Waals surface area contributed by atoms with Crippen molar-refractivity contribution in [3.8, 4) is 0 Å². The molecule has 0 amide bonds. The molecule has 0 radical (unpaired) electrons. The molecule has 0 unspecified atom stereocenters. The van der Waals surface area contributed by atoms with E-state index in [2.05, 4.69) is 15.2 Å². The molecule has 130 valence electrons. The number of aliphatic carboxylic acids is 1. The zero-order valence-corrected chi connectivity index (χ0v) is 14.3. The molecule has 0 saturated carbocycles. The molecule has 0 saturated heterocycles. The first-order valence-corrected chi connectivity index (χ1v) is 8.81. The summed E-state index contributed by atoms with van der Waals surface area (Å²) < 4.78 is 15.4. The number of fused-ring (bicyclic) bond motifs is 3. The van der Waals surface area contributed by atoms with Crippen molar-refractivity contribution in [2.75, 3.05) is 0 Å². The molecule has 6 nitrogen and oxygen atoms in total. The highest BCUT2D eigenvalue weighted by atomic mass is 32.2. The first-order valence-electron chi connectivity index (χ1n) is 7.83. The summed E-state index contributed by atoms with van der Waals surface area (Å²) in [5.41, 5.74) is 2.30. The molecule has 4 rings (SSSR count). The Kier molecular flexibility index (Phi) is 4.26. The number of carbonyl (C=O) groups is 1. The maximum atomic E-state index is 13.8. The van der Waals surface area contributed by atoms with Crippen molar-refractivity contribution >= 4 is 39.8 Å². The number of para-hydroxylation sites is 1. The molecule has 2 aromatic heterocycles. The monoisotopic (exact) mass is 368 g/mol. The standard InChI is InChI=1S/C18H13FN4O2S/c19-13-7-3-1-5-11(13)10-26-18-20-17-16(21-22-18)12-6-2-4-8-14(12)23(17)9-15(24)25/h1-8H,9-10H2,(H,24,25). The van der Waals surface area contributed by atoms with Gasteiger partial charge in [0, 0.05) is 11.1 Å². The summed E-state index contributed by atoms with van der Waals surface area (Å²) in [5.74, 6) is -0.889. The van der Waals surface area contributed by atoms with Crippen molar-refractivity contribution in [2.24, 2.45) is 0 Å². The lowest BCUT2D eigenvalue weighted by Crippen LogP contribution is -2.09. The smallest absolute Gasteiger partial charge is 0.323 e. The third-order valence-electron chi connectivity index (χ3n) is 3.96. The molecule has 1 N–H and O–H groups in total. The van der Waals surface area contributed by atoms with Crippen LogP contribution in [-0.4, -0.2) is 30.8 Å². The van der Waals surface area contributed by atoms with Crippen LogP contribution in [0, 0.1) is 5.82 Å². The number of carboxylic acids is 1. The largest absolute Gasteiger partial charge is 0.480 e. The minimum Gasteiger partial charge on any atom is -0.480 e. The number of halogens is 1. The van der Waals surface area contributed by atoms with E-state index in [-0.39, 0.29) is 12.4 Å². The van der Waals surface area contributed by atoms with E-state index in [4.69, 9.17) is 0 Å². The predicted molar refractivity (Wildman–Crippen MR) is 96.4 cm³/mol. The molecule has 2 aromatic carbocycles. The number of thioether (sulfide) groups is 1. The Morgan fingerprint density at radius 1 is 1.12 bits per heavy atom. The van der Waals surface area contributed by atoms with Gasteiger partial charge in [0.1, 0.15) is 17.9 Å². The second-order valence-corrected chi connectivity index (χ2v) is 6.59. The van der Waals surface area contributed by atoms with E-state index in [1.807, 2.05) is 24.3 Å². The molecule has 26 heavy (non-hydrogen) atoms. The molecule has 0 bridgehead atoms. The summed E-state index contributed by atoms with van der Waals surface area (Å²) in [5, 5.41) is 18.7. The fourth-order valence-corrected chi connectivity index (χ4v) is 3.57. The molecule has 0 aliphatic rings. The van der Waals surface area contributed by atoms with Crippen molar-refractivity contribution in [3.63, 3.8) is 0 Å². The highest BCUT2D eigenvalue weighted by Gasteiger charge is 2.16. The van der Waals surface area contributed by atoms with Gasteiger partial charge in [0.05, 0.1) is 5.52 Å². The summed E-state index contributed by atoms with van der Waals surface area (Å²) in [6.45, 7) is -0.222. The SMILES string of the molecule is O=C(O)Cn1c2ccccc2c2nnc(SCc3ccccc3F)nc21. The van der Waals surface area contributed by atoms with Gasteiger partial charge in [0.2, 0.25) is 5.16 Å². The molecular weight excluding hydrogens is 355 g/mol. The van der Waals surface area contributed by atoms with E-state index >= 15 is 0 Å². The van der Waals surface area contributed by atoms with Gasteiger partial charge < -0.3 is 9.67 Å². The number of aromatic nitrogens is 4. The Morgan fingerprint density at radius 3 is 2.69 bits per heavy atom. The number of nitrogens with zero attached hydrogens (tertiary/aromatic N) is 4. The normalized spacial score (nSPS) is 11.3. The van der Waals surface area contributed by atoms with Crippen LogP contribution in [0.4, 0.5) is 4.39 Å². The maximum Gasteiger partial charge on any atom is 0.323 e. The predicted octanol–water partition coefficient (Wildman–Crippen LogP) is 3.50. The van der Waals surface area contributed by atoms with Crippen LogP contribution in [0.1, 0.15) is 5.56 Å². The third kappa shape index (κ3) is 2.99. The molecule has 0 fully saturated rings. The molecule has 2 heterocycles. The Balaban J connectivity index is 1.75. The number of rotatable bonds is 5. The lowest BCUT2D eigenvalue weighted by Gasteiger charge is -2.04. The molecule has 0 aliphatic heterocycles. The zero-order valence-electron chi connectivity index (χ0n) is 13.5.